The Morgan fingerprint density at radius 1 is 1.03 bits per heavy atom. The smallest absolute Gasteiger partial charge is 0.355 e. The van der Waals surface area contributed by atoms with Crippen LogP contribution in [0.15, 0.2) is 48.5 Å². The highest BCUT2D eigenvalue weighted by Gasteiger charge is 2.28. The molecule has 0 unspecified atom stereocenters. The van der Waals surface area contributed by atoms with Gasteiger partial charge in [-0.15, -0.1) is 0 Å². The predicted octanol–water partition coefficient (Wildman–Crippen LogP) is 5.23. The van der Waals surface area contributed by atoms with Crippen LogP contribution in [0.3, 0.4) is 0 Å². The molecule has 0 bridgehead atoms. The van der Waals surface area contributed by atoms with Gasteiger partial charge < -0.3 is 15.0 Å². The van der Waals surface area contributed by atoms with Crippen LogP contribution in [0.25, 0.3) is 22.8 Å². The number of rotatable bonds is 4. The number of aromatic amines is 1. The summed E-state index contributed by atoms with van der Waals surface area (Å²) in [4.78, 5) is 28.6. The van der Waals surface area contributed by atoms with Crippen molar-refractivity contribution in [2.75, 3.05) is 11.9 Å². The molecule has 0 atom stereocenters. The second-order valence-electron chi connectivity index (χ2n) is 7.94. The van der Waals surface area contributed by atoms with E-state index >= 15 is 0 Å². The van der Waals surface area contributed by atoms with Gasteiger partial charge in [0.25, 0.3) is 5.91 Å². The summed E-state index contributed by atoms with van der Waals surface area (Å²) < 4.78 is 5.25. The first-order valence-electron chi connectivity index (χ1n) is 10.8. The second-order valence-corrected chi connectivity index (χ2v) is 7.94. The van der Waals surface area contributed by atoms with Crippen LogP contribution in [0.4, 0.5) is 5.69 Å². The van der Waals surface area contributed by atoms with Gasteiger partial charge in [0, 0.05) is 16.9 Å². The standard InChI is InChI=1S/C26H24N2O3/c1-2-31-26(30)24-19-11-7-6-10-18(19)23(27-24)15-21-20-14-17(16-8-4-3-5-9-16)12-13-22(20)28-25(21)29/h3-5,8-9,12-15,27H,2,6-7,10-11H2,1H3,(H,28,29)/b21-15-. The van der Waals surface area contributed by atoms with E-state index in [1.54, 1.807) is 6.92 Å². The maximum absolute atomic E-state index is 12.8. The zero-order valence-electron chi connectivity index (χ0n) is 17.5. The maximum Gasteiger partial charge on any atom is 0.355 e. The van der Waals surface area contributed by atoms with Gasteiger partial charge in [0.2, 0.25) is 0 Å². The summed E-state index contributed by atoms with van der Waals surface area (Å²) in [6.45, 7) is 2.14. The largest absolute Gasteiger partial charge is 0.461 e. The Bertz CT molecular complexity index is 1200. The summed E-state index contributed by atoms with van der Waals surface area (Å²) in [5.74, 6) is -0.454. The molecule has 5 rings (SSSR count). The lowest BCUT2D eigenvalue weighted by atomic mass is 9.91. The number of aromatic nitrogens is 1. The fraction of sp³-hybridized carbons (Fsp3) is 0.231. The van der Waals surface area contributed by atoms with Gasteiger partial charge in [-0.05, 0) is 73.1 Å². The van der Waals surface area contributed by atoms with Crippen LogP contribution in [-0.2, 0) is 22.4 Å². The molecule has 0 saturated carbocycles. The lowest BCUT2D eigenvalue weighted by Gasteiger charge is -2.13. The highest BCUT2D eigenvalue weighted by molar-refractivity contribution is 6.35. The third kappa shape index (κ3) is 3.46. The van der Waals surface area contributed by atoms with E-state index in [-0.39, 0.29) is 11.9 Å². The summed E-state index contributed by atoms with van der Waals surface area (Å²) >= 11 is 0. The number of hydrogen-bond acceptors (Lipinski definition) is 3. The minimum Gasteiger partial charge on any atom is -0.461 e. The normalized spacial score (nSPS) is 16.0. The molecule has 5 heteroatoms. The molecule has 2 heterocycles. The molecule has 1 aromatic heterocycles. The van der Waals surface area contributed by atoms with Crippen LogP contribution < -0.4 is 5.32 Å². The van der Waals surface area contributed by atoms with Crippen molar-refractivity contribution in [1.82, 2.24) is 4.98 Å². The van der Waals surface area contributed by atoms with Crippen LogP contribution in [-0.4, -0.2) is 23.5 Å². The minimum atomic E-state index is -0.326. The molecule has 156 valence electrons. The van der Waals surface area contributed by atoms with Crippen molar-refractivity contribution in [2.24, 2.45) is 0 Å². The maximum atomic E-state index is 12.8. The number of fused-ring (bicyclic) bond motifs is 2. The van der Waals surface area contributed by atoms with Crippen molar-refractivity contribution in [1.29, 1.82) is 0 Å². The van der Waals surface area contributed by atoms with E-state index < -0.39 is 0 Å². The first-order valence-corrected chi connectivity index (χ1v) is 10.8. The monoisotopic (exact) mass is 412 g/mol. The van der Waals surface area contributed by atoms with Crippen molar-refractivity contribution in [3.05, 3.63) is 76.6 Å². The van der Waals surface area contributed by atoms with Crippen LogP contribution in [0.1, 0.15) is 52.6 Å². The zero-order valence-corrected chi connectivity index (χ0v) is 17.5. The quantitative estimate of drug-likeness (QED) is 0.455. The summed E-state index contributed by atoms with van der Waals surface area (Å²) in [6.07, 6.45) is 5.76. The topological polar surface area (TPSA) is 71.2 Å². The SMILES string of the molecule is CCOC(=O)c1[nH]c(/C=C2\C(=O)Nc3ccc(-c4ccccc4)cc32)c2c1CCCC2. The van der Waals surface area contributed by atoms with E-state index in [2.05, 4.69) is 28.5 Å². The molecule has 1 aliphatic heterocycles. The summed E-state index contributed by atoms with van der Waals surface area (Å²) in [6, 6.07) is 16.1. The van der Waals surface area contributed by atoms with Gasteiger partial charge in [-0.2, -0.15) is 0 Å². The molecule has 1 aliphatic carbocycles. The molecule has 2 aromatic carbocycles. The molecular weight excluding hydrogens is 388 g/mol. The zero-order chi connectivity index (χ0) is 21.4. The molecule has 0 spiro atoms. The van der Waals surface area contributed by atoms with E-state index in [4.69, 9.17) is 4.74 Å². The first kappa shape index (κ1) is 19.4. The van der Waals surface area contributed by atoms with E-state index in [0.717, 1.165) is 64.9 Å². The van der Waals surface area contributed by atoms with E-state index in [1.807, 2.05) is 36.4 Å². The lowest BCUT2D eigenvalue weighted by molar-refractivity contribution is -0.110. The Hall–Kier alpha value is -3.60. The van der Waals surface area contributed by atoms with Gasteiger partial charge in [0.1, 0.15) is 5.69 Å². The minimum absolute atomic E-state index is 0.128. The summed E-state index contributed by atoms with van der Waals surface area (Å²) in [5.41, 5.74) is 7.98. The molecule has 0 fully saturated rings. The van der Waals surface area contributed by atoms with Gasteiger partial charge in [-0.1, -0.05) is 36.4 Å². The molecule has 2 N–H and O–H groups in total. The third-order valence-corrected chi connectivity index (χ3v) is 6.03. The average molecular weight is 412 g/mol. The van der Waals surface area contributed by atoms with Crippen LogP contribution in [0.2, 0.25) is 0 Å². The molecule has 31 heavy (non-hydrogen) atoms. The number of nitrogens with one attached hydrogen (secondary N) is 2. The van der Waals surface area contributed by atoms with Gasteiger partial charge >= 0.3 is 5.97 Å². The second kappa shape index (κ2) is 7.91. The highest BCUT2D eigenvalue weighted by Crippen LogP contribution is 2.38. The van der Waals surface area contributed by atoms with Crippen molar-refractivity contribution >= 4 is 29.2 Å². The van der Waals surface area contributed by atoms with Gasteiger partial charge in [-0.25, -0.2) is 4.79 Å². The van der Waals surface area contributed by atoms with Crippen molar-refractivity contribution in [3.63, 3.8) is 0 Å². The highest BCUT2D eigenvalue weighted by atomic mass is 16.5. The molecule has 2 aliphatic rings. The van der Waals surface area contributed by atoms with Gasteiger partial charge in [0.05, 0.1) is 12.2 Å². The van der Waals surface area contributed by atoms with Gasteiger partial charge in [-0.3, -0.25) is 4.79 Å². The van der Waals surface area contributed by atoms with Crippen molar-refractivity contribution in [2.45, 2.75) is 32.6 Å². The fourth-order valence-corrected chi connectivity index (χ4v) is 4.55. The number of anilines is 1. The Morgan fingerprint density at radius 3 is 2.58 bits per heavy atom. The van der Waals surface area contributed by atoms with Gasteiger partial charge in [0.15, 0.2) is 0 Å². The number of esters is 1. The summed E-state index contributed by atoms with van der Waals surface area (Å²) in [7, 11) is 0. The molecule has 0 saturated heterocycles. The summed E-state index contributed by atoms with van der Waals surface area (Å²) in [5, 5.41) is 2.96. The Morgan fingerprint density at radius 2 is 1.81 bits per heavy atom. The number of benzene rings is 2. The molecule has 1 amide bonds. The van der Waals surface area contributed by atoms with Crippen LogP contribution in [0.5, 0.6) is 0 Å². The molecule has 3 aromatic rings. The number of ether oxygens (including phenoxy) is 1. The lowest BCUT2D eigenvalue weighted by Crippen LogP contribution is -2.10. The number of hydrogen-bond donors (Lipinski definition) is 2. The Balaban J connectivity index is 1.60. The number of H-pyrrole nitrogens is 1. The number of carbonyl (C=O) groups excluding carboxylic acids is 2. The third-order valence-electron chi connectivity index (χ3n) is 6.03. The van der Waals surface area contributed by atoms with Crippen LogP contribution in [0, 0.1) is 0 Å². The number of carbonyl (C=O) groups is 2. The fourth-order valence-electron chi connectivity index (χ4n) is 4.55. The predicted molar refractivity (Wildman–Crippen MR) is 122 cm³/mol. The molecule has 0 radical (unpaired) electrons. The average Bonchev–Trinajstić information content (AvgIpc) is 3.32. The van der Waals surface area contributed by atoms with Crippen molar-refractivity contribution < 1.29 is 14.3 Å². The first-order chi connectivity index (χ1) is 15.2. The number of amides is 1. The molecule has 5 nitrogen and oxygen atoms in total. The Kier molecular flexibility index (Phi) is 4.94. The van der Waals surface area contributed by atoms with Crippen molar-refractivity contribution in [3.8, 4) is 11.1 Å². The van der Waals surface area contributed by atoms with Crippen LogP contribution >= 0.6 is 0 Å². The van der Waals surface area contributed by atoms with E-state index in [0.29, 0.717) is 17.9 Å². The Labute approximate surface area is 181 Å². The van der Waals surface area contributed by atoms with E-state index in [1.165, 1.54) is 0 Å². The molecular formula is C26H24N2O3. The van der Waals surface area contributed by atoms with E-state index in [9.17, 15) is 9.59 Å².